The summed E-state index contributed by atoms with van der Waals surface area (Å²) in [6.07, 6.45) is 0. The molecule has 94 valence electrons. The van der Waals surface area contributed by atoms with E-state index in [1.165, 1.54) is 18.2 Å². The van der Waals surface area contributed by atoms with E-state index < -0.39 is 23.6 Å². The van der Waals surface area contributed by atoms with Gasteiger partial charge in [-0.05, 0) is 19.1 Å². The molecule has 0 amide bonds. The summed E-state index contributed by atoms with van der Waals surface area (Å²) < 4.78 is 0. The van der Waals surface area contributed by atoms with Gasteiger partial charge in [0.05, 0.1) is 0 Å². The number of benzene rings is 1. The van der Waals surface area contributed by atoms with Crippen LogP contribution in [-0.4, -0.2) is 37.5 Å². The maximum absolute atomic E-state index is 9.76. The standard InChI is InChI=1S/C6H6O3.C4H6O4/c7-4-2-1-3-5(8)6(4)9;1-2(3(5)6)4(7)8/h1-3,7-9H;2H,1H3,(H,5,6)(H,7,8). The van der Waals surface area contributed by atoms with Crippen molar-refractivity contribution in [2.45, 2.75) is 6.92 Å². The van der Waals surface area contributed by atoms with Gasteiger partial charge in [-0.25, -0.2) is 0 Å². The first-order valence-electron chi connectivity index (χ1n) is 4.42. The zero-order valence-corrected chi connectivity index (χ0v) is 8.86. The Morgan fingerprint density at radius 2 is 1.35 bits per heavy atom. The summed E-state index contributed by atoms with van der Waals surface area (Å²) in [6, 6.07) is 4.01. The summed E-state index contributed by atoms with van der Waals surface area (Å²) in [4.78, 5) is 19.5. The molecule has 7 heteroatoms. The van der Waals surface area contributed by atoms with Crippen LogP contribution in [0.4, 0.5) is 0 Å². The van der Waals surface area contributed by atoms with Crippen molar-refractivity contribution in [1.29, 1.82) is 0 Å². The Labute approximate surface area is 96.2 Å². The van der Waals surface area contributed by atoms with Crippen LogP contribution >= 0.6 is 0 Å². The van der Waals surface area contributed by atoms with Gasteiger partial charge >= 0.3 is 11.9 Å². The lowest BCUT2D eigenvalue weighted by Crippen LogP contribution is -2.19. The zero-order chi connectivity index (χ0) is 13.6. The molecular weight excluding hydrogens is 232 g/mol. The molecule has 0 radical (unpaired) electrons. The predicted molar refractivity (Wildman–Crippen MR) is 55.9 cm³/mol. The molecule has 0 aliphatic heterocycles. The first kappa shape index (κ1) is 14.6. The highest BCUT2D eigenvalue weighted by Crippen LogP contribution is 2.32. The van der Waals surface area contributed by atoms with Crippen molar-refractivity contribution in [2.75, 3.05) is 0 Å². The Kier molecular flexibility index (Phi) is 5.32. The van der Waals surface area contributed by atoms with E-state index in [1.54, 1.807) is 0 Å². The highest BCUT2D eigenvalue weighted by molar-refractivity contribution is 5.92. The largest absolute Gasteiger partial charge is 0.504 e. The Hall–Kier alpha value is -2.44. The second-order valence-electron chi connectivity index (χ2n) is 3.04. The molecular formula is C10H12O7. The first-order valence-corrected chi connectivity index (χ1v) is 4.42. The number of phenols is 3. The van der Waals surface area contributed by atoms with Crippen molar-refractivity contribution in [2.24, 2.45) is 5.92 Å². The molecule has 0 atom stereocenters. The lowest BCUT2D eigenvalue weighted by molar-refractivity contribution is -0.153. The molecule has 1 aromatic rings. The maximum atomic E-state index is 9.76. The SMILES string of the molecule is CC(C(=O)O)C(=O)O.Oc1cccc(O)c1O. The summed E-state index contributed by atoms with van der Waals surface area (Å²) in [5, 5.41) is 42.0. The van der Waals surface area contributed by atoms with E-state index in [4.69, 9.17) is 25.5 Å². The monoisotopic (exact) mass is 244 g/mol. The average Bonchev–Trinajstić information content (AvgIpc) is 2.25. The van der Waals surface area contributed by atoms with Gasteiger partial charge in [-0.3, -0.25) is 9.59 Å². The maximum Gasteiger partial charge on any atom is 0.317 e. The van der Waals surface area contributed by atoms with Gasteiger partial charge in [-0.2, -0.15) is 0 Å². The van der Waals surface area contributed by atoms with Gasteiger partial charge < -0.3 is 25.5 Å². The minimum atomic E-state index is -1.31. The number of hydrogen-bond donors (Lipinski definition) is 5. The molecule has 17 heavy (non-hydrogen) atoms. The van der Waals surface area contributed by atoms with Crippen molar-refractivity contribution >= 4 is 11.9 Å². The van der Waals surface area contributed by atoms with Crippen LogP contribution in [0.3, 0.4) is 0 Å². The summed E-state index contributed by atoms with van der Waals surface area (Å²) in [5.41, 5.74) is 0. The molecule has 0 saturated heterocycles. The normalized spacial score (nSPS) is 9.29. The Morgan fingerprint density at radius 3 is 1.53 bits per heavy atom. The number of rotatable bonds is 2. The molecule has 0 aromatic heterocycles. The summed E-state index contributed by atoms with van der Waals surface area (Å²) in [6.45, 7) is 1.12. The quantitative estimate of drug-likeness (QED) is 0.379. The number of phenolic OH excluding ortho intramolecular Hbond substituents is 3. The van der Waals surface area contributed by atoms with E-state index in [9.17, 15) is 9.59 Å². The summed E-state index contributed by atoms with van der Waals surface area (Å²) in [5.74, 6) is -5.01. The molecule has 0 aliphatic carbocycles. The molecule has 0 heterocycles. The number of aromatic hydroxyl groups is 3. The molecule has 0 aliphatic rings. The van der Waals surface area contributed by atoms with Gasteiger partial charge in [0.15, 0.2) is 23.2 Å². The highest BCUT2D eigenvalue weighted by atomic mass is 16.4. The fraction of sp³-hybridized carbons (Fsp3) is 0.200. The fourth-order valence-corrected chi connectivity index (χ4v) is 0.625. The fourth-order valence-electron chi connectivity index (χ4n) is 0.625. The van der Waals surface area contributed by atoms with Gasteiger partial charge in [0.1, 0.15) is 0 Å². The van der Waals surface area contributed by atoms with Crippen LogP contribution < -0.4 is 0 Å². The van der Waals surface area contributed by atoms with Crippen LogP contribution in [0.1, 0.15) is 6.92 Å². The van der Waals surface area contributed by atoms with E-state index in [-0.39, 0.29) is 11.5 Å². The van der Waals surface area contributed by atoms with Crippen LogP contribution in [-0.2, 0) is 9.59 Å². The van der Waals surface area contributed by atoms with Crippen LogP contribution in [0.2, 0.25) is 0 Å². The average molecular weight is 244 g/mol. The third-order valence-electron chi connectivity index (χ3n) is 1.73. The third kappa shape index (κ3) is 4.74. The molecule has 1 rings (SSSR count). The smallest absolute Gasteiger partial charge is 0.317 e. The van der Waals surface area contributed by atoms with E-state index in [0.29, 0.717) is 0 Å². The van der Waals surface area contributed by atoms with E-state index in [0.717, 1.165) is 6.92 Å². The molecule has 7 nitrogen and oxygen atoms in total. The molecule has 5 N–H and O–H groups in total. The van der Waals surface area contributed by atoms with Gasteiger partial charge in [0.2, 0.25) is 0 Å². The van der Waals surface area contributed by atoms with Crippen molar-refractivity contribution in [3.63, 3.8) is 0 Å². The summed E-state index contributed by atoms with van der Waals surface area (Å²) >= 11 is 0. The Morgan fingerprint density at radius 1 is 1.00 bits per heavy atom. The Balaban J connectivity index is 0.000000304. The Bertz CT molecular complexity index is 379. The predicted octanol–water partition coefficient (Wildman–Crippen LogP) is 0.595. The van der Waals surface area contributed by atoms with E-state index in [2.05, 4.69) is 0 Å². The molecule has 0 bridgehead atoms. The van der Waals surface area contributed by atoms with Gasteiger partial charge in [0.25, 0.3) is 0 Å². The van der Waals surface area contributed by atoms with Crippen molar-refractivity contribution in [3.8, 4) is 17.2 Å². The van der Waals surface area contributed by atoms with E-state index in [1.807, 2.05) is 0 Å². The van der Waals surface area contributed by atoms with Gasteiger partial charge in [-0.1, -0.05) is 6.07 Å². The number of para-hydroxylation sites is 1. The topological polar surface area (TPSA) is 135 Å². The molecule has 1 aromatic carbocycles. The lowest BCUT2D eigenvalue weighted by atomic mass is 10.2. The minimum Gasteiger partial charge on any atom is -0.504 e. The number of carbonyl (C=O) groups is 2. The third-order valence-corrected chi connectivity index (χ3v) is 1.73. The van der Waals surface area contributed by atoms with Crippen LogP contribution in [0.5, 0.6) is 17.2 Å². The number of hydrogen-bond acceptors (Lipinski definition) is 5. The van der Waals surface area contributed by atoms with Crippen LogP contribution in [0, 0.1) is 5.92 Å². The molecule has 0 unspecified atom stereocenters. The van der Waals surface area contributed by atoms with Crippen LogP contribution in [0.15, 0.2) is 18.2 Å². The van der Waals surface area contributed by atoms with E-state index >= 15 is 0 Å². The number of carboxylic acid groups (broad SMARTS) is 2. The second kappa shape index (κ2) is 6.21. The van der Waals surface area contributed by atoms with Crippen molar-refractivity contribution in [1.82, 2.24) is 0 Å². The molecule has 0 saturated carbocycles. The highest BCUT2D eigenvalue weighted by Gasteiger charge is 2.18. The minimum absolute atomic E-state index is 0.310. The second-order valence-corrected chi connectivity index (χ2v) is 3.04. The molecule has 0 spiro atoms. The first-order chi connectivity index (χ1) is 7.77. The summed E-state index contributed by atoms with van der Waals surface area (Å²) in [7, 11) is 0. The van der Waals surface area contributed by atoms with Gasteiger partial charge in [0, 0.05) is 0 Å². The van der Waals surface area contributed by atoms with Crippen molar-refractivity contribution < 1.29 is 35.1 Å². The number of aliphatic carboxylic acids is 2. The van der Waals surface area contributed by atoms with Gasteiger partial charge in [-0.15, -0.1) is 0 Å². The van der Waals surface area contributed by atoms with Crippen LogP contribution in [0.25, 0.3) is 0 Å². The lowest BCUT2D eigenvalue weighted by Gasteiger charge is -1.96. The van der Waals surface area contributed by atoms with Crippen molar-refractivity contribution in [3.05, 3.63) is 18.2 Å². The number of carboxylic acids is 2. The zero-order valence-electron chi connectivity index (χ0n) is 8.86. The molecule has 0 fully saturated rings.